The molecular weight excluding hydrogens is 451 g/mol. The highest BCUT2D eigenvalue weighted by Gasteiger charge is 2.32. The van der Waals surface area contributed by atoms with Crippen LogP contribution in [0.2, 0.25) is 5.02 Å². The quantitative estimate of drug-likeness (QED) is 0.637. The van der Waals surface area contributed by atoms with E-state index in [-0.39, 0.29) is 11.9 Å². The highest BCUT2D eigenvalue weighted by molar-refractivity contribution is 9.10. The Hall–Kier alpha value is -1.96. The van der Waals surface area contributed by atoms with E-state index in [1.165, 1.54) is 19.2 Å². The second-order valence-corrected chi connectivity index (χ2v) is 7.82. The zero-order valence-electron chi connectivity index (χ0n) is 15.2. The molecule has 0 aromatic heterocycles. The average molecular weight is 470 g/mol. The Morgan fingerprint density at radius 1 is 1.11 bits per heavy atom. The average Bonchev–Trinajstić information content (AvgIpc) is 2.68. The number of amides is 1. The molecule has 0 spiro atoms. The van der Waals surface area contributed by atoms with E-state index in [9.17, 15) is 14.0 Å². The summed E-state index contributed by atoms with van der Waals surface area (Å²) in [5.41, 5.74) is 1.08. The molecule has 1 amide bonds. The van der Waals surface area contributed by atoms with E-state index < -0.39 is 11.9 Å². The zero-order valence-corrected chi connectivity index (χ0v) is 17.5. The Labute approximate surface area is 176 Å². The van der Waals surface area contributed by atoms with Crippen LogP contribution in [0.15, 0.2) is 46.9 Å². The molecule has 1 atom stereocenters. The number of rotatable bonds is 4. The highest BCUT2D eigenvalue weighted by atomic mass is 79.9. The largest absolute Gasteiger partial charge is 0.468 e. The molecule has 5 nitrogen and oxygen atoms in total. The molecule has 2 aromatic rings. The number of carbonyl (C=O) groups excluding carboxylic acids is 2. The van der Waals surface area contributed by atoms with Crippen LogP contribution in [0.5, 0.6) is 0 Å². The second-order valence-electron chi connectivity index (χ2n) is 6.46. The summed E-state index contributed by atoms with van der Waals surface area (Å²) in [6, 6.07) is 10.6. The predicted molar refractivity (Wildman–Crippen MR) is 108 cm³/mol. The SMILES string of the molecule is COC(=O)C(c1ccc(Cl)cc1)N1CCN(C(=O)c2cc(F)cc(Br)c2)CC1. The van der Waals surface area contributed by atoms with Crippen LogP contribution in [0, 0.1) is 5.82 Å². The van der Waals surface area contributed by atoms with E-state index in [0.717, 1.165) is 5.56 Å². The maximum absolute atomic E-state index is 13.6. The smallest absolute Gasteiger partial charge is 0.327 e. The first-order valence-electron chi connectivity index (χ1n) is 8.72. The lowest BCUT2D eigenvalue weighted by molar-refractivity contribution is -0.148. The molecule has 1 fully saturated rings. The lowest BCUT2D eigenvalue weighted by atomic mass is 10.0. The molecule has 0 bridgehead atoms. The molecule has 1 aliphatic heterocycles. The molecule has 1 unspecified atom stereocenters. The van der Waals surface area contributed by atoms with Gasteiger partial charge in [0.05, 0.1) is 7.11 Å². The van der Waals surface area contributed by atoms with Crippen molar-refractivity contribution in [2.75, 3.05) is 33.3 Å². The molecule has 1 heterocycles. The van der Waals surface area contributed by atoms with Gasteiger partial charge >= 0.3 is 5.97 Å². The van der Waals surface area contributed by atoms with Crippen molar-refractivity contribution >= 4 is 39.4 Å². The van der Waals surface area contributed by atoms with Crippen LogP contribution < -0.4 is 0 Å². The highest BCUT2D eigenvalue weighted by Crippen LogP contribution is 2.26. The summed E-state index contributed by atoms with van der Waals surface area (Å²) in [6.45, 7) is 1.83. The minimum Gasteiger partial charge on any atom is -0.468 e. The van der Waals surface area contributed by atoms with Gasteiger partial charge < -0.3 is 9.64 Å². The lowest BCUT2D eigenvalue weighted by Crippen LogP contribution is -2.51. The van der Waals surface area contributed by atoms with E-state index >= 15 is 0 Å². The van der Waals surface area contributed by atoms with Gasteiger partial charge in [0.25, 0.3) is 5.91 Å². The number of carbonyl (C=O) groups is 2. The summed E-state index contributed by atoms with van der Waals surface area (Å²) in [4.78, 5) is 28.7. The van der Waals surface area contributed by atoms with Gasteiger partial charge in [-0.05, 0) is 35.9 Å². The molecule has 0 N–H and O–H groups in total. The van der Waals surface area contributed by atoms with Crippen molar-refractivity contribution < 1.29 is 18.7 Å². The Kier molecular flexibility index (Phi) is 6.69. The van der Waals surface area contributed by atoms with Crippen LogP contribution in [-0.2, 0) is 9.53 Å². The fourth-order valence-electron chi connectivity index (χ4n) is 3.30. The summed E-state index contributed by atoms with van der Waals surface area (Å²) in [5.74, 6) is -1.07. The van der Waals surface area contributed by atoms with Crippen molar-refractivity contribution in [3.63, 3.8) is 0 Å². The third kappa shape index (κ3) is 4.71. The number of esters is 1. The van der Waals surface area contributed by atoms with E-state index in [4.69, 9.17) is 16.3 Å². The number of benzene rings is 2. The molecule has 8 heteroatoms. The standard InChI is InChI=1S/C20H19BrClFN2O3/c1-28-20(27)18(13-2-4-16(22)5-3-13)24-6-8-25(9-7-24)19(26)14-10-15(21)12-17(23)11-14/h2-5,10-12,18H,6-9H2,1H3. The monoisotopic (exact) mass is 468 g/mol. The summed E-state index contributed by atoms with van der Waals surface area (Å²) in [6.07, 6.45) is 0. The fourth-order valence-corrected chi connectivity index (χ4v) is 3.89. The van der Waals surface area contributed by atoms with Gasteiger partial charge in [-0.15, -0.1) is 0 Å². The van der Waals surface area contributed by atoms with Crippen molar-refractivity contribution in [2.45, 2.75) is 6.04 Å². The van der Waals surface area contributed by atoms with Gasteiger partial charge in [-0.3, -0.25) is 9.69 Å². The second kappa shape index (κ2) is 9.03. The van der Waals surface area contributed by atoms with Crippen molar-refractivity contribution in [3.05, 3.63) is 68.9 Å². The summed E-state index contributed by atoms with van der Waals surface area (Å²) >= 11 is 9.15. The maximum Gasteiger partial charge on any atom is 0.327 e. The minimum absolute atomic E-state index is 0.235. The first kappa shape index (κ1) is 20.8. The molecule has 3 rings (SSSR count). The Balaban J connectivity index is 1.72. The molecule has 0 aliphatic carbocycles. The van der Waals surface area contributed by atoms with Gasteiger partial charge in [0.2, 0.25) is 0 Å². The molecule has 2 aromatic carbocycles. The van der Waals surface area contributed by atoms with E-state index in [0.29, 0.717) is 41.2 Å². The van der Waals surface area contributed by atoms with Gasteiger partial charge in [0.15, 0.2) is 0 Å². The number of hydrogen-bond acceptors (Lipinski definition) is 4. The molecule has 148 valence electrons. The Morgan fingerprint density at radius 2 is 1.75 bits per heavy atom. The number of nitrogens with zero attached hydrogens (tertiary/aromatic N) is 2. The molecular formula is C20H19BrClFN2O3. The molecule has 1 aliphatic rings. The van der Waals surface area contributed by atoms with Crippen LogP contribution in [0.4, 0.5) is 4.39 Å². The summed E-state index contributed by atoms with van der Waals surface area (Å²) < 4.78 is 19.1. The van der Waals surface area contributed by atoms with Gasteiger partial charge in [0.1, 0.15) is 11.9 Å². The Bertz CT molecular complexity index is 850. The zero-order chi connectivity index (χ0) is 20.3. The van der Waals surface area contributed by atoms with Crippen molar-refractivity contribution in [1.82, 2.24) is 9.80 Å². The third-order valence-corrected chi connectivity index (χ3v) is 5.40. The van der Waals surface area contributed by atoms with Crippen molar-refractivity contribution in [3.8, 4) is 0 Å². The van der Waals surface area contributed by atoms with Crippen molar-refractivity contribution in [1.29, 1.82) is 0 Å². The van der Waals surface area contributed by atoms with Crippen molar-refractivity contribution in [2.24, 2.45) is 0 Å². The van der Waals surface area contributed by atoms with Crippen LogP contribution in [0.3, 0.4) is 0 Å². The number of ether oxygens (including phenoxy) is 1. The number of piperazine rings is 1. The first-order valence-corrected chi connectivity index (χ1v) is 9.89. The van der Waals surface area contributed by atoms with E-state index in [2.05, 4.69) is 15.9 Å². The lowest BCUT2D eigenvalue weighted by Gasteiger charge is -2.38. The third-order valence-electron chi connectivity index (χ3n) is 4.69. The van der Waals surface area contributed by atoms with Gasteiger partial charge in [-0.25, -0.2) is 9.18 Å². The van der Waals surface area contributed by atoms with E-state index in [1.54, 1.807) is 35.2 Å². The van der Waals surface area contributed by atoms with Gasteiger partial charge in [-0.1, -0.05) is 39.7 Å². The number of hydrogen-bond donors (Lipinski definition) is 0. The normalized spacial score (nSPS) is 15.9. The number of halogens is 3. The maximum atomic E-state index is 13.6. The van der Waals surface area contributed by atoms with Gasteiger partial charge in [-0.2, -0.15) is 0 Å². The summed E-state index contributed by atoms with van der Waals surface area (Å²) in [7, 11) is 1.35. The predicted octanol–water partition coefficient (Wildman–Crippen LogP) is 3.91. The molecule has 28 heavy (non-hydrogen) atoms. The Morgan fingerprint density at radius 3 is 2.32 bits per heavy atom. The van der Waals surface area contributed by atoms with E-state index in [1.807, 2.05) is 4.90 Å². The first-order chi connectivity index (χ1) is 13.4. The summed E-state index contributed by atoms with van der Waals surface area (Å²) in [5, 5.41) is 0.587. The minimum atomic E-state index is -0.567. The number of methoxy groups -OCH3 is 1. The molecule has 0 saturated carbocycles. The topological polar surface area (TPSA) is 49.9 Å². The van der Waals surface area contributed by atoms with Crippen LogP contribution >= 0.6 is 27.5 Å². The van der Waals surface area contributed by atoms with Crippen LogP contribution in [0.25, 0.3) is 0 Å². The van der Waals surface area contributed by atoms with Crippen LogP contribution in [0.1, 0.15) is 22.0 Å². The molecule has 1 saturated heterocycles. The fraction of sp³-hybridized carbons (Fsp3) is 0.300. The van der Waals surface area contributed by atoms with Gasteiger partial charge in [0, 0.05) is 41.2 Å². The van der Waals surface area contributed by atoms with Crippen LogP contribution in [-0.4, -0.2) is 55.0 Å². The molecule has 0 radical (unpaired) electrons.